The van der Waals surface area contributed by atoms with Crippen molar-refractivity contribution in [1.29, 1.82) is 0 Å². The molecule has 0 aromatic rings. The van der Waals surface area contributed by atoms with Crippen LogP contribution >= 0.6 is 11.6 Å². The molecule has 0 rings (SSSR count). The highest BCUT2D eigenvalue weighted by molar-refractivity contribution is 6.17. The van der Waals surface area contributed by atoms with Gasteiger partial charge in [0.2, 0.25) is 0 Å². The van der Waals surface area contributed by atoms with Gasteiger partial charge in [-0.3, -0.25) is 0 Å². The van der Waals surface area contributed by atoms with Crippen molar-refractivity contribution in [1.82, 2.24) is 0 Å². The molecular weight excluding hydrogens is 204 g/mol. The van der Waals surface area contributed by atoms with E-state index in [2.05, 4.69) is 19.1 Å². The lowest BCUT2D eigenvalue weighted by Crippen LogP contribution is -1.81. The molecule has 0 unspecified atom stereocenters. The SMILES string of the molecule is CCC/C=C\CCCCCCCCCCl. The molecule has 0 amide bonds. The van der Waals surface area contributed by atoms with Gasteiger partial charge in [0.25, 0.3) is 0 Å². The Balaban J connectivity index is 2.92. The number of rotatable bonds is 11. The quantitative estimate of drug-likeness (QED) is 0.243. The first-order valence-electron chi connectivity index (χ1n) is 6.62. The maximum Gasteiger partial charge on any atom is 0.0223 e. The highest BCUT2D eigenvalue weighted by Gasteiger charge is 1.90. The highest BCUT2D eigenvalue weighted by Crippen LogP contribution is 2.09. The van der Waals surface area contributed by atoms with Crippen LogP contribution in [0.25, 0.3) is 0 Å². The first-order chi connectivity index (χ1) is 7.41. The summed E-state index contributed by atoms with van der Waals surface area (Å²) in [5, 5.41) is 0. The molecule has 0 aliphatic rings. The molecule has 0 N–H and O–H groups in total. The van der Waals surface area contributed by atoms with Crippen molar-refractivity contribution in [3.63, 3.8) is 0 Å². The third kappa shape index (κ3) is 14.0. The molecule has 0 aliphatic carbocycles. The molecule has 1 heteroatoms. The molecular formula is C14H27Cl. The Morgan fingerprint density at radius 2 is 1.27 bits per heavy atom. The number of halogens is 1. The fourth-order valence-electron chi connectivity index (χ4n) is 1.64. The predicted octanol–water partition coefficient (Wildman–Crippen LogP) is 5.70. The van der Waals surface area contributed by atoms with Crippen LogP contribution in [0.2, 0.25) is 0 Å². The lowest BCUT2D eigenvalue weighted by Gasteiger charge is -1.99. The summed E-state index contributed by atoms with van der Waals surface area (Å²) in [6, 6.07) is 0. The first kappa shape index (κ1) is 15.0. The van der Waals surface area contributed by atoms with E-state index in [1.807, 2.05) is 0 Å². The standard InChI is InChI=1S/C14H27Cl/c1-2-3-4-5-6-7-8-9-10-11-12-13-14-15/h4-5H,2-3,6-14H2,1H3/b5-4-. The van der Waals surface area contributed by atoms with E-state index in [9.17, 15) is 0 Å². The van der Waals surface area contributed by atoms with Crippen LogP contribution in [0.15, 0.2) is 12.2 Å². The third-order valence-electron chi connectivity index (χ3n) is 2.63. The Morgan fingerprint density at radius 1 is 0.733 bits per heavy atom. The Labute approximate surface area is 101 Å². The molecule has 0 atom stereocenters. The van der Waals surface area contributed by atoms with Gasteiger partial charge in [-0.25, -0.2) is 0 Å². The predicted molar refractivity (Wildman–Crippen MR) is 71.7 cm³/mol. The van der Waals surface area contributed by atoms with Crippen LogP contribution in [0.5, 0.6) is 0 Å². The lowest BCUT2D eigenvalue weighted by molar-refractivity contribution is 0.593. The smallest absolute Gasteiger partial charge is 0.0223 e. The highest BCUT2D eigenvalue weighted by atomic mass is 35.5. The summed E-state index contributed by atoms with van der Waals surface area (Å²) in [4.78, 5) is 0. The second kappa shape index (κ2) is 14.0. The van der Waals surface area contributed by atoms with Gasteiger partial charge in [-0.2, -0.15) is 0 Å². The van der Waals surface area contributed by atoms with Crippen molar-refractivity contribution in [2.45, 2.75) is 71.1 Å². The van der Waals surface area contributed by atoms with Gasteiger partial charge in [0.1, 0.15) is 0 Å². The van der Waals surface area contributed by atoms with Gasteiger partial charge < -0.3 is 0 Å². The molecule has 0 spiro atoms. The minimum Gasteiger partial charge on any atom is -0.127 e. The lowest BCUT2D eigenvalue weighted by atomic mass is 10.1. The summed E-state index contributed by atoms with van der Waals surface area (Å²) in [5.74, 6) is 0.836. The van der Waals surface area contributed by atoms with E-state index >= 15 is 0 Å². The fourth-order valence-corrected chi connectivity index (χ4v) is 1.83. The zero-order valence-corrected chi connectivity index (χ0v) is 11.1. The van der Waals surface area contributed by atoms with Crippen molar-refractivity contribution in [3.05, 3.63) is 12.2 Å². The van der Waals surface area contributed by atoms with E-state index < -0.39 is 0 Å². The summed E-state index contributed by atoms with van der Waals surface area (Å²) < 4.78 is 0. The molecule has 0 aromatic heterocycles. The van der Waals surface area contributed by atoms with Crippen LogP contribution in [-0.2, 0) is 0 Å². The number of hydrogen-bond donors (Lipinski definition) is 0. The molecule has 0 bridgehead atoms. The van der Waals surface area contributed by atoms with E-state index in [-0.39, 0.29) is 0 Å². The van der Waals surface area contributed by atoms with Gasteiger partial charge in [0.15, 0.2) is 0 Å². The third-order valence-corrected chi connectivity index (χ3v) is 2.89. The maximum absolute atomic E-state index is 5.62. The maximum atomic E-state index is 5.62. The monoisotopic (exact) mass is 230 g/mol. The van der Waals surface area contributed by atoms with Crippen LogP contribution in [-0.4, -0.2) is 5.88 Å². The van der Waals surface area contributed by atoms with Crippen molar-refractivity contribution in [3.8, 4) is 0 Å². The fraction of sp³-hybridized carbons (Fsp3) is 0.857. The number of hydrogen-bond acceptors (Lipinski definition) is 0. The average molecular weight is 231 g/mol. The van der Waals surface area contributed by atoms with Crippen molar-refractivity contribution in [2.24, 2.45) is 0 Å². The molecule has 0 radical (unpaired) electrons. The van der Waals surface area contributed by atoms with Crippen LogP contribution in [0.4, 0.5) is 0 Å². The molecule has 0 fully saturated rings. The average Bonchev–Trinajstić information content (AvgIpc) is 2.26. The van der Waals surface area contributed by atoms with Crippen LogP contribution in [0, 0.1) is 0 Å². The van der Waals surface area contributed by atoms with Gasteiger partial charge in [0, 0.05) is 5.88 Å². The zero-order chi connectivity index (χ0) is 11.2. The van der Waals surface area contributed by atoms with Crippen molar-refractivity contribution < 1.29 is 0 Å². The molecule has 90 valence electrons. The Hall–Kier alpha value is 0.0300. The summed E-state index contributed by atoms with van der Waals surface area (Å²) >= 11 is 5.62. The summed E-state index contributed by atoms with van der Waals surface area (Å²) in [5.41, 5.74) is 0. The van der Waals surface area contributed by atoms with Gasteiger partial charge in [0.05, 0.1) is 0 Å². The van der Waals surface area contributed by atoms with Crippen LogP contribution in [0.3, 0.4) is 0 Å². The summed E-state index contributed by atoms with van der Waals surface area (Å²) in [6.07, 6.45) is 17.9. The van der Waals surface area contributed by atoms with E-state index in [0.717, 1.165) is 5.88 Å². The molecule has 15 heavy (non-hydrogen) atoms. The van der Waals surface area contributed by atoms with E-state index in [0.29, 0.717) is 0 Å². The largest absolute Gasteiger partial charge is 0.127 e. The van der Waals surface area contributed by atoms with E-state index in [1.54, 1.807) is 0 Å². The summed E-state index contributed by atoms with van der Waals surface area (Å²) in [7, 11) is 0. The van der Waals surface area contributed by atoms with Gasteiger partial charge in [-0.15, -0.1) is 11.6 Å². The number of unbranched alkanes of at least 4 members (excludes halogenated alkanes) is 8. The Bertz CT molecular complexity index is 129. The van der Waals surface area contributed by atoms with Gasteiger partial charge in [-0.05, 0) is 25.7 Å². The first-order valence-corrected chi connectivity index (χ1v) is 7.16. The van der Waals surface area contributed by atoms with Gasteiger partial charge >= 0.3 is 0 Å². The summed E-state index contributed by atoms with van der Waals surface area (Å²) in [6.45, 7) is 2.23. The molecule has 0 heterocycles. The molecule has 0 aromatic carbocycles. The Morgan fingerprint density at radius 3 is 1.87 bits per heavy atom. The normalized spacial score (nSPS) is 11.3. The second-order valence-corrected chi connectivity index (χ2v) is 4.59. The zero-order valence-electron chi connectivity index (χ0n) is 10.3. The van der Waals surface area contributed by atoms with Crippen molar-refractivity contribution in [2.75, 3.05) is 5.88 Å². The Kier molecular flexibility index (Phi) is 14.1. The van der Waals surface area contributed by atoms with Gasteiger partial charge in [-0.1, -0.05) is 57.6 Å². The minimum atomic E-state index is 0.836. The number of alkyl halides is 1. The number of allylic oxidation sites excluding steroid dienone is 2. The van der Waals surface area contributed by atoms with E-state index in [1.165, 1.54) is 64.2 Å². The van der Waals surface area contributed by atoms with Crippen LogP contribution in [0.1, 0.15) is 71.1 Å². The molecule has 0 aliphatic heterocycles. The molecule has 0 saturated heterocycles. The molecule has 0 nitrogen and oxygen atoms in total. The topological polar surface area (TPSA) is 0 Å². The minimum absolute atomic E-state index is 0.836. The van der Waals surface area contributed by atoms with Crippen LogP contribution < -0.4 is 0 Å². The molecule has 0 saturated carbocycles. The second-order valence-electron chi connectivity index (χ2n) is 4.21. The van der Waals surface area contributed by atoms with Crippen molar-refractivity contribution >= 4 is 11.6 Å². The van der Waals surface area contributed by atoms with E-state index in [4.69, 9.17) is 11.6 Å².